The first kappa shape index (κ1) is 91.9. The second-order valence-electron chi connectivity index (χ2n) is 34.2. The van der Waals surface area contributed by atoms with Crippen LogP contribution in [0.4, 0.5) is 0 Å². The Kier molecular flexibility index (Phi) is 34.3. The number of nitrogens with zero attached hydrogens (tertiary/aromatic N) is 10. The predicted octanol–water partition coefficient (Wildman–Crippen LogP) is 20.1. The molecular formula is C103H126N10O10. The number of para-hydroxylation sites is 2. The fourth-order valence-corrected chi connectivity index (χ4v) is 15.3. The minimum atomic E-state index is 0.0271. The lowest BCUT2D eigenvalue weighted by atomic mass is 9.99. The summed E-state index contributed by atoms with van der Waals surface area (Å²) in [5.74, 6) is 7.94. The van der Waals surface area contributed by atoms with Crippen LogP contribution >= 0.6 is 0 Å². The number of carbonyl (C=O) groups excluding carboxylic acids is 5. The molecule has 5 fully saturated rings. The molecule has 10 aromatic rings. The molecule has 123 heavy (non-hydrogen) atoms. The highest BCUT2D eigenvalue weighted by Crippen LogP contribution is 2.29. The Hall–Kier alpha value is -11.8. The van der Waals surface area contributed by atoms with Crippen molar-refractivity contribution in [2.75, 3.05) is 65.4 Å². The van der Waals surface area contributed by atoms with Crippen LogP contribution in [-0.2, 0) is 33.0 Å². The number of ether oxygens (including phenoxy) is 5. The number of amides is 5. The summed E-state index contributed by atoms with van der Waals surface area (Å²) < 4.78 is 29.4. The van der Waals surface area contributed by atoms with Crippen molar-refractivity contribution in [3.05, 3.63) is 296 Å². The summed E-state index contributed by atoms with van der Waals surface area (Å²) in [4.78, 5) is 95.3. The van der Waals surface area contributed by atoms with Gasteiger partial charge in [0, 0.05) is 65.4 Å². The summed E-state index contributed by atoms with van der Waals surface area (Å²) in [6.07, 6.45) is 10.7. The minimum Gasteiger partial charge on any atom is -0.487 e. The molecule has 0 N–H and O–H groups in total. The van der Waals surface area contributed by atoms with Crippen LogP contribution in [0.15, 0.2) is 194 Å². The van der Waals surface area contributed by atoms with E-state index in [0.717, 1.165) is 220 Å². The molecule has 5 aliphatic rings. The number of aryl methyl sites for hydroxylation is 7. The van der Waals surface area contributed by atoms with Crippen LogP contribution in [0.1, 0.15) is 224 Å². The van der Waals surface area contributed by atoms with Crippen molar-refractivity contribution >= 4 is 29.5 Å². The molecule has 15 rings (SSSR count). The topological polar surface area (TPSA) is 212 Å². The molecule has 648 valence electrons. The number of carbonyl (C=O) groups is 5. The number of rotatable bonds is 20. The molecule has 10 heterocycles. The third-order valence-corrected chi connectivity index (χ3v) is 23.7. The van der Waals surface area contributed by atoms with Crippen LogP contribution in [0.5, 0.6) is 28.7 Å². The number of hydrogen-bond donors (Lipinski definition) is 0. The van der Waals surface area contributed by atoms with E-state index in [1.54, 1.807) is 30.3 Å². The first-order valence-electron chi connectivity index (χ1n) is 44.1. The summed E-state index contributed by atoms with van der Waals surface area (Å²) in [7, 11) is 0. The van der Waals surface area contributed by atoms with Crippen molar-refractivity contribution in [3.8, 4) is 28.7 Å². The third kappa shape index (κ3) is 27.9. The second-order valence-corrected chi connectivity index (χ2v) is 34.2. The standard InChI is InChI=1S/3C21H26N2O2.2C20H24N2O2/c1-15-10-12-23(13-11-15)21(24)19-8-5-7-18(22-19)14-25-20-9-4-6-16(2)17(20)3;1-15-10-12-23(13-11-15)21(24)19-9-5-8-18(22-19)14-25-20-16(2)6-4-7-17(20)3;1-15-9-11-23(12-10-15)21(24)19-6-4-5-18(22-19)14-25-20-8-7-16(2)13-17(20)3;1-15-9-11-22(12-10-15)20(23)19-8-4-6-17(21-19)14-24-18-7-3-5-16(2)13-18;1-15-10-12-22(13-11-15)20(23)18-8-5-7-17(21-18)14-24-19-9-4-3-6-16(19)2/h2*4-9,15H,10-14H2,1-3H3;4-8,13,15H,9-12,14H2,1-3H3;3-8,13,15H,9-12,14H2,1-2H3;3-9,15H,10-14H2,1-2H3. The average Bonchev–Trinajstić information content (AvgIpc) is 0.859. The van der Waals surface area contributed by atoms with Crippen molar-refractivity contribution in [1.29, 1.82) is 0 Å². The quantitative estimate of drug-likeness (QED) is 0.0694. The zero-order valence-electron chi connectivity index (χ0n) is 74.6. The Labute approximate surface area is 729 Å². The molecule has 20 nitrogen and oxygen atoms in total. The smallest absolute Gasteiger partial charge is 0.272 e. The lowest BCUT2D eigenvalue weighted by molar-refractivity contribution is 0.0683. The SMILES string of the molecule is Cc1ccc(OCc2cccc(C(=O)N3CCC(C)CC3)n2)c(C)c1.Cc1cccc(C)c1OCc1cccc(C(=O)N2CCC(C)CC2)n1.Cc1cccc(OCc2cccc(C(=O)N3CCC(C)CC3)n2)c1.Cc1cccc(OCc2cccc(C(=O)N3CCC(C)CC3)n2)c1C.Cc1ccccc1OCc1cccc(C(=O)N2CCC(C)CC2)n1. The highest BCUT2D eigenvalue weighted by molar-refractivity contribution is 5.94. The van der Waals surface area contributed by atoms with Gasteiger partial charge in [-0.3, -0.25) is 24.0 Å². The minimum absolute atomic E-state index is 0.0271. The maximum atomic E-state index is 12.7. The van der Waals surface area contributed by atoms with E-state index in [9.17, 15) is 24.0 Å². The zero-order valence-corrected chi connectivity index (χ0v) is 74.6. The Balaban J connectivity index is 0.000000150. The molecule has 5 saturated heterocycles. The number of likely N-dealkylation sites (tertiary alicyclic amines) is 5. The largest absolute Gasteiger partial charge is 0.487 e. The lowest BCUT2D eigenvalue weighted by Gasteiger charge is -2.30. The van der Waals surface area contributed by atoms with Gasteiger partial charge in [-0.05, 0) is 279 Å². The summed E-state index contributed by atoms with van der Waals surface area (Å²) in [5.41, 5.74) is 15.5. The van der Waals surface area contributed by atoms with Gasteiger partial charge >= 0.3 is 0 Å². The number of pyridine rings is 5. The fourth-order valence-electron chi connectivity index (χ4n) is 15.3. The van der Waals surface area contributed by atoms with E-state index < -0.39 is 0 Å². The average molecular weight is 1660 g/mol. The molecule has 0 unspecified atom stereocenters. The second kappa shape index (κ2) is 45.9. The van der Waals surface area contributed by atoms with E-state index in [0.29, 0.717) is 91.1 Å². The van der Waals surface area contributed by atoms with Gasteiger partial charge in [0.15, 0.2) is 0 Å². The van der Waals surface area contributed by atoms with E-state index in [1.807, 2.05) is 211 Å². The number of piperidine rings is 5. The van der Waals surface area contributed by atoms with E-state index >= 15 is 0 Å². The van der Waals surface area contributed by atoms with Gasteiger partial charge in [-0.1, -0.05) is 143 Å². The van der Waals surface area contributed by atoms with Crippen LogP contribution in [0.25, 0.3) is 0 Å². The molecule has 5 aromatic heterocycles. The number of hydrogen-bond acceptors (Lipinski definition) is 15. The summed E-state index contributed by atoms with van der Waals surface area (Å²) in [5, 5.41) is 0. The Morgan fingerprint density at radius 2 is 0.545 bits per heavy atom. The molecule has 0 aliphatic carbocycles. The van der Waals surface area contributed by atoms with Gasteiger partial charge in [-0.15, -0.1) is 0 Å². The highest BCUT2D eigenvalue weighted by Gasteiger charge is 2.28. The summed E-state index contributed by atoms with van der Waals surface area (Å²) in [6, 6.07) is 61.9. The van der Waals surface area contributed by atoms with Crippen LogP contribution in [-0.4, -0.2) is 144 Å². The van der Waals surface area contributed by atoms with Crippen molar-refractivity contribution in [1.82, 2.24) is 49.4 Å². The highest BCUT2D eigenvalue weighted by atomic mass is 16.5. The lowest BCUT2D eigenvalue weighted by Crippen LogP contribution is -2.38. The van der Waals surface area contributed by atoms with Gasteiger partial charge < -0.3 is 48.2 Å². The van der Waals surface area contributed by atoms with Crippen molar-refractivity contribution < 1.29 is 47.7 Å². The normalized spacial score (nSPS) is 15.3. The molecule has 5 aliphatic heterocycles. The van der Waals surface area contributed by atoms with E-state index in [4.69, 9.17) is 23.7 Å². The van der Waals surface area contributed by atoms with Gasteiger partial charge in [0.2, 0.25) is 0 Å². The Morgan fingerprint density at radius 1 is 0.268 bits per heavy atom. The van der Waals surface area contributed by atoms with Crippen LogP contribution in [0.2, 0.25) is 0 Å². The van der Waals surface area contributed by atoms with Crippen LogP contribution in [0.3, 0.4) is 0 Å². The van der Waals surface area contributed by atoms with Gasteiger partial charge in [0.25, 0.3) is 29.5 Å². The van der Waals surface area contributed by atoms with Crippen molar-refractivity contribution in [2.45, 2.75) is 187 Å². The van der Waals surface area contributed by atoms with Crippen molar-refractivity contribution in [2.24, 2.45) is 29.6 Å². The zero-order chi connectivity index (χ0) is 87.3. The van der Waals surface area contributed by atoms with Gasteiger partial charge in [-0.25, -0.2) is 24.9 Å². The van der Waals surface area contributed by atoms with E-state index in [1.165, 1.54) is 11.1 Å². The maximum Gasteiger partial charge on any atom is 0.272 e. The molecule has 5 aromatic carbocycles. The number of benzene rings is 5. The van der Waals surface area contributed by atoms with Gasteiger partial charge in [0.05, 0.1) is 28.5 Å². The molecular weight excluding hydrogens is 1540 g/mol. The molecule has 5 amide bonds. The molecule has 20 heteroatoms. The molecule has 0 atom stereocenters. The van der Waals surface area contributed by atoms with E-state index in [2.05, 4.69) is 92.4 Å². The first-order valence-corrected chi connectivity index (χ1v) is 44.1. The molecule has 0 bridgehead atoms. The van der Waals surface area contributed by atoms with Crippen LogP contribution < -0.4 is 23.7 Å². The van der Waals surface area contributed by atoms with Gasteiger partial charge in [0.1, 0.15) is 90.3 Å². The maximum absolute atomic E-state index is 12.7. The van der Waals surface area contributed by atoms with Crippen LogP contribution in [0, 0.1) is 85.0 Å². The fraction of sp³-hybridized carbons (Fsp3) is 0.417. The Morgan fingerprint density at radius 3 is 0.894 bits per heavy atom. The first-order chi connectivity index (χ1) is 59.4. The third-order valence-electron chi connectivity index (χ3n) is 23.7. The summed E-state index contributed by atoms with van der Waals surface area (Å²) >= 11 is 0. The monoisotopic (exact) mass is 1660 g/mol. The molecule has 0 radical (unpaired) electrons. The molecule has 0 saturated carbocycles. The predicted molar refractivity (Wildman–Crippen MR) is 484 cm³/mol. The van der Waals surface area contributed by atoms with E-state index in [-0.39, 0.29) is 29.5 Å². The number of aromatic nitrogens is 5. The van der Waals surface area contributed by atoms with Crippen molar-refractivity contribution in [3.63, 3.8) is 0 Å². The summed E-state index contributed by atoms with van der Waals surface area (Å²) in [6.45, 7) is 37.6. The molecule has 0 spiro atoms. The van der Waals surface area contributed by atoms with Gasteiger partial charge in [-0.2, -0.15) is 0 Å². The Bertz CT molecular complexity index is 5110.